The van der Waals surface area contributed by atoms with E-state index in [0.29, 0.717) is 6.54 Å². The molecule has 1 atom stereocenters. The fourth-order valence-corrected chi connectivity index (χ4v) is 3.16. The predicted molar refractivity (Wildman–Crippen MR) is 87.9 cm³/mol. The van der Waals surface area contributed by atoms with E-state index in [-0.39, 0.29) is 23.3 Å². The summed E-state index contributed by atoms with van der Waals surface area (Å²) in [5, 5.41) is 8.88. The molecule has 6 nitrogen and oxygen atoms in total. The van der Waals surface area contributed by atoms with E-state index in [0.717, 1.165) is 24.6 Å². The zero-order valence-electron chi connectivity index (χ0n) is 13.7. The summed E-state index contributed by atoms with van der Waals surface area (Å²) in [7, 11) is 0. The first kappa shape index (κ1) is 16.1. The van der Waals surface area contributed by atoms with Crippen molar-refractivity contribution in [3.63, 3.8) is 0 Å². The van der Waals surface area contributed by atoms with Gasteiger partial charge in [-0.1, -0.05) is 18.2 Å². The van der Waals surface area contributed by atoms with Crippen LogP contribution in [0.15, 0.2) is 30.6 Å². The molecule has 1 fully saturated rings. The Balaban J connectivity index is 1.88. The average Bonchev–Trinajstić information content (AvgIpc) is 3.06. The van der Waals surface area contributed by atoms with Gasteiger partial charge in [0.1, 0.15) is 5.69 Å². The number of carbonyl (C=O) groups is 2. The molecule has 0 radical (unpaired) electrons. The van der Waals surface area contributed by atoms with Gasteiger partial charge < -0.3 is 10.0 Å². The van der Waals surface area contributed by atoms with Gasteiger partial charge in [0, 0.05) is 6.54 Å². The number of carboxylic acids is 1. The van der Waals surface area contributed by atoms with Crippen LogP contribution < -0.4 is 0 Å². The van der Waals surface area contributed by atoms with Crippen molar-refractivity contribution in [1.29, 1.82) is 0 Å². The maximum atomic E-state index is 12.8. The van der Waals surface area contributed by atoms with E-state index >= 15 is 0 Å². The number of aryl methyl sites for hydroxylation is 1. The molecule has 3 rings (SSSR count). The molecule has 0 bridgehead atoms. The van der Waals surface area contributed by atoms with Gasteiger partial charge in [0.15, 0.2) is 5.69 Å². The van der Waals surface area contributed by atoms with Crippen LogP contribution in [0.5, 0.6) is 0 Å². The van der Waals surface area contributed by atoms with E-state index in [1.165, 1.54) is 17.3 Å². The minimum Gasteiger partial charge on any atom is -0.476 e. The highest BCUT2D eigenvalue weighted by molar-refractivity contribution is 5.93. The van der Waals surface area contributed by atoms with E-state index in [9.17, 15) is 9.59 Å². The van der Waals surface area contributed by atoms with E-state index in [1.54, 1.807) is 0 Å². The lowest BCUT2D eigenvalue weighted by atomic mass is 9.96. The number of nitrogens with zero attached hydrogens (tertiary/aromatic N) is 3. The third-order valence-corrected chi connectivity index (χ3v) is 4.61. The third kappa shape index (κ3) is 2.87. The van der Waals surface area contributed by atoms with Crippen molar-refractivity contribution in [1.82, 2.24) is 14.9 Å². The molecule has 1 amide bonds. The first-order chi connectivity index (χ1) is 11.5. The number of aromatic carboxylic acids is 1. The Kier molecular flexibility index (Phi) is 4.29. The second-order valence-electron chi connectivity index (χ2n) is 6.04. The average molecular weight is 325 g/mol. The van der Waals surface area contributed by atoms with Crippen LogP contribution in [-0.4, -0.2) is 38.4 Å². The van der Waals surface area contributed by atoms with E-state index in [1.807, 2.05) is 11.0 Å². The van der Waals surface area contributed by atoms with Crippen LogP contribution in [0.1, 0.15) is 56.6 Å². The molecule has 6 heteroatoms. The lowest BCUT2D eigenvalue weighted by molar-refractivity contribution is 0.0683. The summed E-state index contributed by atoms with van der Waals surface area (Å²) in [6, 6.07) is 6.17. The molecule has 0 spiro atoms. The highest BCUT2D eigenvalue weighted by Gasteiger charge is 2.32. The lowest BCUT2D eigenvalue weighted by Crippen LogP contribution is -2.31. The molecular weight excluding hydrogens is 306 g/mol. The largest absolute Gasteiger partial charge is 0.476 e. The van der Waals surface area contributed by atoms with Crippen LogP contribution in [0.4, 0.5) is 0 Å². The zero-order chi connectivity index (χ0) is 17.3. The lowest BCUT2D eigenvalue weighted by Gasteiger charge is -2.26. The fraction of sp³-hybridized carbons (Fsp3) is 0.333. The van der Waals surface area contributed by atoms with E-state index in [2.05, 4.69) is 35.9 Å². The molecule has 124 valence electrons. The summed E-state index contributed by atoms with van der Waals surface area (Å²) in [5.41, 5.74) is 3.58. The Morgan fingerprint density at radius 2 is 1.88 bits per heavy atom. The van der Waals surface area contributed by atoms with Crippen LogP contribution in [0.25, 0.3) is 0 Å². The third-order valence-electron chi connectivity index (χ3n) is 4.61. The summed E-state index contributed by atoms with van der Waals surface area (Å²) in [4.78, 5) is 33.2. The molecule has 1 N–H and O–H groups in total. The highest BCUT2D eigenvalue weighted by atomic mass is 16.4. The van der Waals surface area contributed by atoms with Crippen molar-refractivity contribution in [2.24, 2.45) is 0 Å². The molecule has 0 saturated carbocycles. The normalized spacial score (nSPS) is 17.1. The second kappa shape index (κ2) is 6.39. The van der Waals surface area contributed by atoms with Gasteiger partial charge in [-0.3, -0.25) is 4.79 Å². The number of hydrogen-bond donors (Lipinski definition) is 1. The van der Waals surface area contributed by atoms with Crippen molar-refractivity contribution in [3.8, 4) is 0 Å². The van der Waals surface area contributed by atoms with Gasteiger partial charge in [0.05, 0.1) is 18.4 Å². The van der Waals surface area contributed by atoms with Crippen molar-refractivity contribution >= 4 is 11.9 Å². The standard InChI is InChI=1S/C18H19N3O3/c1-11-5-3-6-13(12(11)2)16-7-4-8-21(16)17(22)14-9-20-15(10-19-14)18(23)24/h3,5-6,9-10,16H,4,7-8H2,1-2H3,(H,23,24). The van der Waals surface area contributed by atoms with E-state index < -0.39 is 5.97 Å². The van der Waals surface area contributed by atoms with Gasteiger partial charge >= 0.3 is 5.97 Å². The Morgan fingerprint density at radius 1 is 1.17 bits per heavy atom. The van der Waals surface area contributed by atoms with Crippen molar-refractivity contribution in [2.45, 2.75) is 32.7 Å². The summed E-state index contributed by atoms with van der Waals surface area (Å²) in [6.07, 6.45) is 4.21. The molecule has 2 heterocycles. The molecule has 1 aliphatic rings. The number of carbonyl (C=O) groups excluding carboxylic acids is 1. The van der Waals surface area contributed by atoms with Crippen molar-refractivity contribution in [2.75, 3.05) is 6.54 Å². The molecule has 24 heavy (non-hydrogen) atoms. The van der Waals surface area contributed by atoms with Gasteiger partial charge in [-0.2, -0.15) is 0 Å². The monoisotopic (exact) mass is 325 g/mol. The van der Waals surface area contributed by atoms with Gasteiger partial charge in [0.25, 0.3) is 5.91 Å². The summed E-state index contributed by atoms with van der Waals surface area (Å²) < 4.78 is 0. The SMILES string of the molecule is Cc1cccc(C2CCCN2C(=O)c2cnc(C(=O)O)cn2)c1C. The molecular formula is C18H19N3O3. The Bertz CT molecular complexity index is 787. The Morgan fingerprint density at radius 3 is 2.54 bits per heavy atom. The summed E-state index contributed by atoms with van der Waals surface area (Å²) in [6.45, 7) is 4.81. The van der Waals surface area contributed by atoms with Crippen LogP contribution in [-0.2, 0) is 0 Å². The van der Waals surface area contributed by atoms with Gasteiger partial charge in [-0.25, -0.2) is 14.8 Å². The molecule has 1 unspecified atom stereocenters. The highest BCUT2D eigenvalue weighted by Crippen LogP contribution is 2.35. The smallest absolute Gasteiger partial charge is 0.356 e. The number of hydrogen-bond acceptors (Lipinski definition) is 4. The maximum Gasteiger partial charge on any atom is 0.356 e. The first-order valence-corrected chi connectivity index (χ1v) is 7.91. The number of amides is 1. The topological polar surface area (TPSA) is 83.4 Å². The second-order valence-corrected chi connectivity index (χ2v) is 6.04. The van der Waals surface area contributed by atoms with Crippen LogP contribution in [0.3, 0.4) is 0 Å². The number of benzene rings is 1. The predicted octanol–water partition coefficient (Wildman–Crippen LogP) is 2.77. The molecule has 1 aromatic heterocycles. The van der Waals surface area contributed by atoms with Crippen molar-refractivity contribution < 1.29 is 14.7 Å². The Hall–Kier alpha value is -2.76. The quantitative estimate of drug-likeness (QED) is 0.938. The van der Waals surface area contributed by atoms with E-state index in [4.69, 9.17) is 5.11 Å². The summed E-state index contributed by atoms with van der Waals surface area (Å²) in [5.74, 6) is -1.36. The fourth-order valence-electron chi connectivity index (χ4n) is 3.16. The van der Waals surface area contributed by atoms with Crippen LogP contribution in [0, 0.1) is 13.8 Å². The van der Waals surface area contributed by atoms with Crippen LogP contribution >= 0.6 is 0 Å². The molecule has 1 aliphatic heterocycles. The Labute approximate surface area is 140 Å². The molecule has 1 aromatic carbocycles. The van der Waals surface area contributed by atoms with Crippen LogP contribution in [0.2, 0.25) is 0 Å². The number of rotatable bonds is 3. The van der Waals surface area contributed by atoms with Gasteiger partial charge in [-0.05, 0) is 43.4 Å². The number of aromatic nitrogens is 2. The maximum absolute atomic E-state index is 12.8. The number of likely N-dealkylation sites (tertiary alicyclic amines) is 1. The minimum atomic E-state index is -1.16. The van der Waals surface area contributed by atoms with Gasteiger partial charge in [-0.15, -0.1) is 0 Å². The molecule has 2 aromatic rings. The first-order valence-electron chi connectivity index (χ1n) is 7.91. The molecule has 1 saturated heterocycles. The zero-order valence-corrected chi connectivity index (χ0v) is 13.7. The molecule has 0 aliphatic carbocycles. The summed E-state index contributed by atoms with van der Waals surface area (Å²) >= 11 is 0. The van der Waals surface area contributed by atoms with Crippen molar-refractivity contribution in [3.05, 3.63) is 58.7 Å². The minimum absolute atomic E-state index is 0.0263. The number of carboxylic acid groups (broad SMARTS) is 1. The van der Waals surface area contributed by atoms with Gasteiger partial charge in [0.2, 0.25) is 0 Å².